The quantitative estimate of drug-likeness (QED) is 0.860. The highest BCUT2D eigenvalue weighted by Gasteiger charge is 2.25. The zero-order valence-corrected chi connectivity index (χ0v) is 14.2. The first-order valence-electron chi connectivity index (χ1n) is 8.43. The van der Waals surface area contributed by atoms with Crippen LogP contribution in [0.4, 0.5) is 11.6 Å². The summed E-state index contributed by atoms with van der Waals surface area (Å²) in [5.41, 5.74) is 1.14. The third-order valence-corrected chi connectivity index (χ3v) is 4.79. The predicted molar refractivity (Wildman–Crippen MR) is 89.9 cm³/mol. The van der Waals surface area contributed by atoms with Crippen molar-refractivity contribution < 1.29 is 0 Å². The summed E-state index contributed by atoms with van der Waals surface area (Å²) in [6.45, 7) is 11.9. The Labute approximate surface area is 129 Å². The van der Waals surface area contributed by atoms with E-state index in [0.29, 0.717) is 6.04 Å². The van der Waals surface area contributed by atoms with Gasteiger partial charge in [-0.25, -0.2) is 9.97 Å². The lowest BCUT2D eigenvalue weighted by Crippen LogP contribution is -2.31. The monoisotopic (exact) mass is 290 g/mol. The molecule has 2 N–H and O–H groups in total. The van der Waals surface area contributed by atoms with Crippen molar-refractivity contribution in [3.8, 4) is 0 Å². The SMILES string of the molecule is CCNc1nc(CC)nc(NC2CCC(C)C(C)C2)c1C. The fraction of sp³-hybridized carbons (Fsp3) is 0.765. The van der Waals surface area contributed by atoms with Crippen LogP contribution < -0.4 is 10.6 Å². The molecule has 1 aromatic heterocycles. The summed E-state index contributed by atoms with van der Waals surface area (Å²) in [5.74, 6) is 4.54. The first kappa shape index (κ1) is 16.1. The van der Waals surface area contributed by atoms with E-state index in [2.05, 4.69) is 50.2 Å². The fourth-order valence-electron chi connectivity index (χ4n) is 3.07. The summed E-state index contributed by atoms with van der Waals surface area (Å²) in [7, 11) is 0. The average Bonchev–Trinajstić information content (AvgIpc) is 2.47. The van der Waals surface area contributed by atoms with Crippen molar-refractivity contribution in [1.29, 1.82) is 0 Å². The number of aryl methyl sites for hydroxylation is 1. The van der Waals surface area contributed by atoms with Gasteiger partial charge in [-0.1, -0.05) is 20.8 Å². The van der Waals surface area contributed by atoms with Gasteiger partial charge >= 0.3 is 0 Å². The standard InChI is InChI=1S/C17H30N4/c1-6-15-20-16(18-7-2)13(5)17(21-15)19-14-9-8-11(3)12(4)10-14/h11-12,14H,6-10H2,1-5H3,(H2,18,19,20,21). The van der Waals surface area contributed by atoms with Gasteiger partial charge in [0.15, 0.2) is 0 Å². The van der Waals surface area contributed by atoms with E-state index in [0.717, 1.165) is 47.8 Å². The number of aromatic nitrogens is 2. The van der Waals surface area contributed by atoms with Crippen LogP contribution in [0.3, 0.4) is 0 Å². The van der Waals surface area contributed by atoms with E-state index in [1.54, 1.807) is 0 Å². The number of hydrogen-bond donors (Lipinski definition) is 2. The molecule has 1 aliphatic carbocycles. The number of anilines is 2. The maximum absolute atomic E-state index is 4.71. The van der Waals surface area contributed by atoms with Crippen LogP contribution in [0.2, 0.25) is 0 Å². The van der Waals surface area contributed by atoms with Crippen molar-refractivity contribution in [1.82, 2.24) is 9.97 Å². The molecule has 0 saturated heterocycles. The minimum absolute atomic E-state index is 0.545. The summed E-state index contributed by atoms with van der Waals surface area (Å²) < 4.78 is 0. The van der Waals surface area contributed by atoms with Gasteiger partial charge in [-0.3, -0.25) is 0 Å². The van der Waals surface area contributed by atoms with Gasteiger partial charge in [0, 0.05) is 24.6 Å². The van der Waals surface area contributed by atoms with Crippen LogP contribution in [-0.4, -0.2) is 22.6 Å². The molecule has 0 amide bonds. The summed E-state index contributed by atoms with van der Waals surface area (Å²) in [5, 5.41) is 7.04. The van der Waals surface area contributed by atoms with Crippen molar-refractivity contribution in [2.24, 2.45) is 11.8 Å². The zero-order chi connectivity index (χ0) is 15.4. The number of rotatable bonds is 5. The maximum atomic E-state index is 4.71. The van der Waals surface area contributed by atoms with Gasteiger partial charge in [0.2, 0.25) is 0 Å². The summed E-state index contributed by atoms with van der Waals surface area (Å²) in [6, 6.07) is 0.545. The van der Waals surface area contributed by atoms with Crippen LogP contribution in [0.1, 0.15) is 58.3 Å². The molecule has 1 aliphatic rings. The molecule has 2 rings (SSSR count). The second kappa shape index (κ2) is 7.10. The van der Waals surface area contributed by atoms with Crippen LogP contribution in [0.15, 0.2) is 0 Å². The highest BCUT2D eigenvalue weighted by atomic mass is 15.1. The Morgan fingerprint density at radius 1 is 1.05 bits per heavy atom. The van der Waals surface area contributed by atoms with Gasteiger partial charge in [0.1, 0.15) is 17.5 Å². The van der Waals surface area contributed by atoms with Crippen LogP contribution >= 0.6 is 0 Å². The van der Waals surface area contributed by atoms with Crippen LogP contribution in [0.5, 0.6) is 0 Å². The Balaban J connectivity index is 2.16. The maximum Gasteiger partial charge on any atom is 0.134 e. The number of hydrogen-bond acceptors (Lipinski definition) is 4. The van der Waals surface area contributed by atoms with Gasteiger partial charge in [0.05, 0.1) is 0 Å². The van der Waals surface area contributed by atoms with Gasteiger partial charge in [-0.2, -0.15) is 0 Å². The smallest absolute Gasteiger partial charge is 0.134 e. The van der Waals surface area contributed by atoms with Crippen LogP contribution in [0, 0.1) is 18.8 Å². The Morgan fingerprint density at radius 2 is 1.76 bits per heavy atom. The third-order valence-electron chi connectivity index (χ3n) is 4.79. The zero-order valence-electron chi connectivity index (χ0n) is 14.2. The molecule has 3 atom stereocenters. The molecular weight excluding hydrogens is 260 g/mol. The van der Waals surface area contributed by atoms with E-state index in [1.807, 2.05) is 0 Å². The highest BCUT2D eigenvalue weighted by Crippen LogP contribution is 2.32. The number of nitrogens with one attached hydrogen (secondary N) is 2. The van der Waals surface area contributed by atoms with Crippen molar-refractivity contribution in [2.45, 2.75) is 66.3 Å². The topological polar surface area (TPSA) is 49.8 Å². The molecule has 4 nitrogen and oxygen atoms in total. The Hall–Kier alpha value is -1.32. The lowest BCUT2D eigenvalue weighted by Gasteiger charge is -2.33. The average molecular weight is 290 g/mol. The van der Waals surface area contributed by atoms with Crippen LogP contribution in [0.25, 0.3) is 0 Å². The summed E-state index contributed by atoms with van der Waals surface area (Å²) in [4.78, 5) is 9.31. The van der Waals surface area contributed by atoms with Crippen LogP contribution in [-0.2, 0) is 6.42 Å². The lowest BCUT2D eigenvalue weighted by atomic mass is 9.79. The normalized spacial score (nSPS) is 25.7. The van der Waals surface area contributed by atoms with Gasteiger partial charge < -0.3 is 10.6 Å². The highest BCUT2D eigenvalue weighted by molar-refractivity contribution is 5.57. The minimum Gasteiger partial charge on any atom is -0.370 e. The van der Waals surface area contributed by atoms with Crippen molar-refractivity contribution >= 4 is 11.6 Å². The van der Waals surface area contributed by atoms with E-state index >= 15 is 0 Å². The molecule has 0 spiro atoms. The molecule has 0 bridgehead atoms. The first-order valence-corrected chi connectivity index (χ1v) is 8.43. The Morgan fingerprint density at radius 3 is 2.38 bits per heavy atom. The van der Waals surface area contributed by atoms with E-state index in [1.165, 1.54) is 19.3 Å². The Kier molecular flexibility index (Phi) is 5.43. The molecule has 1 heterocycles. The molecule has 0 aromatic carbocycles. The second-order valence-electron chi connectivity index (χ2n) is 6.45. The summed E-state index contributed by atoms with van der Waals surface area (Å²) >= 11 is 0. The predicted octanol–water partition coefficient (Wildman–Crippen LogP) is 4.02. The molecule has 1 fully saturated rings. The molecule has 1 aromatic rings. The van der Waals surface area contributed by atoms with E-state index in [9.17, 15) is 0 Å². The summed E-state index contributed by atoms with van der Waals surface area (Å²) in [6.07, 6.45) is 4.66. The molecule has 118 valence electrons. The number of nitrogens with zero attached hydrogens (tertiary/aromatic N) is 2. The molecule has 3 unspecified atom stereocenters. The minimum atomic E-state index is 0.545. The molecule has 0 aliphatic heterocycles. The van der Waals surface area contributed by atoms with Crippen molar-refractivity contribution in [3.05, 3.63) is 11.4 Å². The largest absolute Gasteiger partial charge is 0.370 e. The van der Waals surface area contributed by atoms with Gasteiger partial charge in [-0.15, -0.1) is 0 Å². The third kappa shape index (κ3) is 3.86. The molecular formula is C17H30N4. The van der Waals surface area contributed by atoms with E-state index in [4.69, 9.17) is 4.98 Å². The molecule has 4 heteroatoms. The van der Waals surface area contributed by atoms with Crippen molar-refractivity contribution in [3.63, 3.8) is 0 Å². The van der Waals surface area contributed by atoms with Gasteiger partial charge in [-0.05, 0) is 44.9 Å². The second-order valence-corrected chi connectivity index (χ2v) is 6.45. The fourth-order valence-corrected chi connectivity index (χ4v) is 3.07. The molecule has 1 saturated carbocycles. The first-order chi connectivity index (χ1) is 10.0. The molecule has 21 heavy (non-hydrogen) atoms. The van der Waals surface area contributed by atoms with Crippen molar-refractivity contribution in [2.75, 3.05) is 17.2 Å². The lowest BCUT2D eigenvalue weighted by molar-refractivity contribution is 0.260. The van der Waals surface area contributed by atoms with Gasteiger partial charge in [0.25, 0.3) is 0 Å². The molecule has 0 radical (unpaired) electrons. The van der Waals surface area contributed by atoms with E-state index in [-0.39, 0.29) is 0 Å². The van der Waals surface area contributed by atoms with E-state index < -0.39 is 0 Å². The Bertz CT molecular complexity index is 472.